The molecule has 0 amide bonds. The fourth-order valence-electron chi connectivity index (χ4n) is 2.38. The van der Waals surface area contributed by atoms with Crippen LogP contribution in [0.5, 0.6) is 5.75 Å². The number of aliphatic imine (C=N–C) groups is 1. The highest BCUT2D eigenvalue weighted by molar-refractivity contribution is 6.02. The molecular weight excluding hydrogens is 282 g/mol. The summed E-state index contributed by atoms with van der Waals surface area (Å²) in [5.41, 5.74) is 1.49. The molecule has 22 heavy (non-hydrogen) atoms. The molecule has 0 aliphatic rings. The third-order valence-corrected chi connectivity index (χ3v) is 3.45. The molecule has 0 radical (unpaired) electrons. The van der Waals surface area contributed by atoms with Gasteiger partial charge < -0.3 is 9.52 Å². The molecule has 0 bridgehead atoms. The molecule has 0 unspecified atom stereocenters. The predicted molar refractivity (Wildman–Crippen MR) is 84.0 cm³/mol. The lowest BCUT2D eigenvalue weighted by Gasteiger charge is -2.04. The monoisotopic (exact) mass is 297 g/mol. The summed E-state index contributed by atoms with van der Waals surface area (Å²) in [6.45, 7) is 3.27. The van der Waals surface area contributed by atoms with Crippen LogP contribution >= 0.6 is 0 Å². The van der Waals surface area contributed by atoms with E-state index in [1.165, 1.54) is 6.07 Å². The Labute approximate surface area is 126 Å². The Balaban J connectivity index is 2.10. The highest BCUT2D eigenvalue weighted by Gasteiger charge is 2.13. The second kappa shape index (κ2) is 5.14. The molecule has 3 rings (SSSR count). The van der Waals surface area contributed by atoms with Crippen molar-refractivity contribution in [3.63, 3.8) is 0 Å². The third kappa shape index (κ3) is 2.39. The van der Waals surface area contributed by atoms with Gasteiger partial charge in [-0.15, -0.1) is 0 Å². The molecule has 0 saturated heterocycles. The first-order valence-electron chi connectivity index (χ1n) is 6.77. The number of hydrogen-bond acceptors (Lipinski definition) is 5. The van der Waals surface area contributed by atoms with Crippen LogP contribution in [-0.2, 0) is 7.05 Å². The van der Waals surface area contributed by atoms with Crippen LogP contribution < -0.4 is 5.63 Å². The third-order valence-electron chi connectivity index (χ3n) is 3.45. The van der Waals surface area contributed by atoms with Gasteiger partial charge in [0.25, 0.3) is 0 Å². The van der Waals surface area contributed by atoms with E-state index in [9.17, 15) is 9.90 Å². The zero-order valence-corrected chi connectivity index (χ0v) is 12.5. The fourth-order valence-corrected chi connectivity index (χ4v) is 2.38. The Bertz CT molecular complexity index is 951. The molecule has 0 spiro atoms. The summed E-state index contributed by atoms with van der Waals surface area (Å²) in [5.74, 6) is 0.229. The van der Waals surface area contributed by atoms with Gasteiger partial charge in [0.1, 0.15) is 17.1 Å². The van der Waals surface area contributed by atoms with Gasteiger partial charge in [0.15, 0.2) is 0 Å². The largest absolute Gasteiger partial charge is 0.507 e. The van der Waals surface area contributed by atoms with E-state index in [4.69, 9.17) is 4.42 Å². The Hall–Kier alpha value is -2.89. The molecule has 6 heteroatoms. The summed E-state index contributed by atoms with van der Waals surface area (Å²) in [4.78, 5) is 16.3. The molecule has 6 nitrogen and oxygen atoms in total. The van der Waals surface area contributed by atoms with Gasteiger partial charge in [-0.2, -0.15) is 5.10 Å². The molecular formula is C16H15N3O3. The second-order valence-corrected chi connectivity index (χ2v) is 5.11. The van der Waals surface area contributed by atoms with Gasteiger partial charge in [-0.1, -0.05) is 0 Å². The lowest BCUT2D eigenvalue weighted by molar-refractivity contribution is 0.432. The minimum Gasteiger partial charge on any atom is -0.507 e. The van der Waals surface area contributed by atoms with E-state index in [1.807, 2.05) is 25.2 Å². The SMILES string of the molecule is CC(=Nc1ccc2cnn(C)c2c1)c1c(O)cc(C)oc1=O. The molecule has 0 atom stereocenters. The molecule has 0 aliphatic heterocycles. The smallest absolute Gasteiger partial charge is 0.348 e. The number of aryl methyl sites for hydroxylation is 2. The minimum absolute atomic E-state index is 0.0794. The number of benzene rings is 1. The van der Waals surface area contributed by atoms with Gasteiger partial charge in [-0.25, -0.2) is 4.79 Å². The van der Waals surface area contributed by atoms with Crippen LogP contribution in [0.4, 0.5) is 5.69 Å². The Kier molecular flexibility index (Phi) is 3.29. The second-order valence-electron chi connectivity index (χ2n) is 5.11. The van der Waals surface area contributed by atoms with Crippen molar-refractivity contribution in [1.29, 1.82) is 0 Å². The van der Waals surface area contributed by atoms with Crippen molar-refractivity contribution in [3.8, 4) is 5.75 Å². The lowest BCUT2D eigenvalue weighted by atomic mass is 10.1. The van der Waals surface area contributed by atoms with Crippen LogP contribution in [0.1, 0.15) is 18.2 Å². The van der Waals surface area contributed by atoms with Crippen molar-refractivity contribution < 1.29 is 9.52 Å². The molecule has 1 aromatic carbocycles. The maximum Gasteiger partial charge on any atom is 0.348 e. The van der Waals surface area contributed by atoms with Crippen LogP contribution in [0.15, 0.2) is 44.7 Å². The molecule has 2 aromatic heterocycles. The van der Waals surface area contributed by atoms with Gasteiger partial charge in [-0.3, -0.25) is 9.67 Å². The normalized spacial score (nSPS) is 12.0. The zero-order chi connectivity index (χ0) is 15.9. The number of hydrogen-bond donors (Lipinski definition) is 1. The Morgan fingerprint density at radius 2 is 2.14 bits per heavy atom. The van der Waals surface area contributed by atoms with Crippen molar-refractivity contribution in [1.82, 2.24) is 9.78 Å². The van der Waals surface area contributed by atoms with Crippen LogP contribution in [0.25, 0.3) is 10.9 Å². The summed E-state index contributed by atoms with van der Waals surface area (Å²) in [6.07, 6.45) is 1.77. The quantitative estimate of drug-likeness (QED) is 0.737. The average Bonchev–Trinajstić information content (AvgIpc) is 2.79. The number of fused-ring (bicyclic) bond motifs is 1. The first-order valence-corrected chi connectivity index (χ1v) is 6.77. The summed E-state index contributed by atoms with van der Waals surface area (Å²) in [5, 5.41) is 15.1. The van der Waals surface area contributed by atoms with E-state index in [0.29, 0.717) is 17.2 Å². The van der Waals surface area contributed by atoms with Crippen molar-refractivity contribution in [2.24, 2.45) is 12.0 Å². The molecule has 0 aliphatic carbocycles. The number of aromatic hydroxyl groups is 1. The predicted octanol–water partition coefficient (Wildman–Crippen LogP) is 2.68. The minimum atomic E-state index is -0.597. The van der Waals surface area contributed by atoms with Crippen LogP contribution in [0.3, 0.4) is 0 Å². The maximum atomic E-state index is 11.9. The maximum absolute atomic E-state index is 11.9. The van der Waals surface area contributed by atoms with Crippen LogP contribution in [0.2, 0.25) is 0 Å². The highest BCUT2D eigenvalue weighted by Crippen LogP contribution is 2.23. The van der Waals surface area contributed by atoms with E-state index in [-0.39, 0.29) is 11.3 Å². The van der Waals surface area contributed by atoms with E-state index in [2.05, 4.69) is 10.1 Å². The number of nitrogens with zero attached hydrogens (tertiary/aromatic N) is 3. The highest BCUT2D eigenvalue weighted by atomic mass is 16.4. The first-order chi connectivity index (χ1) is 10.5. The van der Waals surface area contributed by atoms with Crippen molar-refractivity contribution in [2.45, 2.75) is 13.8 Å². The van der Waals surface area contributed by atoms with Crippen molar-refractivity contribution >= 4 is 22.3 Å². The van der Waals surface area contributed by atoms with Crippen LogP contribution in [-0.4, -0.2) is 20.6 Å². The first kappa shape index (κ1) is 14.1. The molecule has 3 aromatic rings. The average molecular weight is 297 g/mol. The van der Waals surface area contributed by atoms with Crippen molar-refractivity contribution in [2.75, 3.05) is 0 Å². The molecule has 0 fully saturated rings. The van der Waals surface area contributed by atoms with Crippen molar-refractivity contribution in [3.05, 3.63) is 52.2 Å². The number of rotatable bonds is 2. The van der Waals surface area contributed by atoms with Gasteiger partial charge in [0.2, 0.25) is 0 Å². The van der Waals surface area contributed by atoms with E-state index < -0.39 is 5.63 Å². The van der Waals surface area contributed by atoms with Gasteiger partial charge >= 0.3 is 5.63 Å². The summed E-state index contributed by atoms with van der Waals surface area (Å²) in [7, 11) is 1.85. The van der Waals surface area contributed by atoms with Gasteiger partial charge in [-0.05, 0) is 32.0 Å². The standard InChI is InChI=1S/C16H15N3O3/c1-9-6-14(20)15(16(21)22-9)10(2)18-12-5-4-11-8-17-19(3)13(11)7-12/h4-8,20H,1-3H3. The summed E-state index contributed by atoms with van der Waals surface area (Å²) < 4.78 is 6.77. The fraction of sp³-hybridized carbons (Fsp3) is 0.188. The topological polar surface area (TPSA) is 80.6 Å². The molecule has 1 N–H and O–H groups in total. The summed E-state index contributed by atoms with van der Waals surface area (Å²) >= 11 is 0. The van der Waals surface area contributed by atoms with Crippen LogP contribution in [0, 0.1) is 6.92 Å². The van der Waals surface area contributed by atoms with Gasteiger partial charge in [0.05, 0.1) is 23.1 Å². The molecule has 2 heterocycles. The molecule has 112 valence electrons. The zero-order valence-electron chi connectivity index (χ0n) is 12.5. The van der Waals surface area contributed by atoms with E-state index in [1.54, 1.807) is 24.7 Å². The lowest BCUT2D eigenvalue weighted by Crippen LogP contribution is -2.12. The Morgan fingerprint density at radius 1 is 1.36 bits per heavy atom. The Morgan fingerprint density at radius 3 is 2.86 bits per heavy atom. The van der Waals surface area contributed by atoms with Gasteiger partial charge in [0, 0.05) is 18.5 Å². The van der Waals surface area contributed by atoms with E-state index in [0.717, 1.165) is 10.9 Å². The molecule has 0 saturated carbocycles. The number of aromatic nitrogens is 2. The van der Waals surface area contributed by atoms with E-state index >= 15 is 0 Å². The summed E-state index contributed by atoms with van der Waals surface area (Å²) in [6, 6.07) is 7.02.